The van der Waals surface area contributed by atoms with Crippen LogP contribution in [0.2, 0.25) is 0 Å². The lowest BCUT2D eigenvalue weighted by atomic mass is 10.1. The molecule has 0 saturated heterocycles. The van der Waals surface area contributed by atoms with Crippen LogP contribution in [0.3, 0.4) is 0 Å². The molecule has 2 aromatic rings. The van der Waals surface area contributed by atoms with Crippen LogP contribution in [0, 0.1) is 6.92 Å². The summed E-state index contributed by atoms with van der Waals surface area (Å²) in [7, 11) is 0. The average Bonchev–Trinajstić information content (AvgIpc) is 2.88. The normalized spacial score (nSPS) is 14.3. The molecule has 5 nitrogen and oxygen atoms in total. The summed E-state index contributed by atoms with van der Waals surface area (Å²) in [5.41, 5.74) is 1.72. The van der Waals surface area contributed by atoms with Crippen LogP contribution in [0.1, 0.15) is 21.7 Å². The van der Waals surface area contributed by atoms with Crippen LogP contribution in [-0.4, -0.2) is 32.1 Å². The molecule has 0 atom stereocenters. The van der Waals surface area contributed by atoms with Gasteiger partial charge in [-0.1, -0.05) is 22.0 Å². The molecule has 0 saturated carbocycles. The third kappa shape index (κ3) is 2.28. The van der Waals surface area contributed by atoms with Crippen molar-refractivity contribution >= 4 is 21.8 Å². The van der Waals surface area contributed by atoms with E-state index in [-0.39, 0.29) is 5.91 Å². The van der Waals surface area contributed by atoms with Crippen LogP contribution >= 0.6 is 15.9 Å². The molecule has 0 unspecified atom stereocenters. The lowest BCUT2D eigenvalue weighted by Crippen LogP contribution is -2.38. The number of aryl methyl sites for hydroxylation is 1. The molecule has 0 bridgehead atoms. The van der Waals surface area contributed by atoms with Gasteiger partial charge >= 0.3 is 0 Å². The zero-order valence-corrected chi connectivity index (χ0v) is 12.1. The summed E-state index contributed by atoms with van der Waals surface area (Å²) in [6.45, 7) is 3.91. The predicted molar refractivity (Wildman–Crippen MR) is 73.6 cm³/mol. The Labute approximate surface area is 119 Å². The highest BCUT2D eigenvalue weighted by molar-refractivity contribution is 9.10. The van der Waals surface area contributed by atoms with Crippen LogP contribution in [0.15, 0.2) is 29.0 Å². The number of fused-ring (bicyclic) bond motifs is 1. The Kier molecular flexibility index (Phi) is 3.10. The van der Waals surface area contributed by atoms with Crippen molar-refractivity contribution in [3.05, 3.63) is 46.0 Å². The quantitative estimate of drug-likeness (QED) is 0.807. The van der Waals surface area contributed by atoms with E-state index in [9.17, 15) is 4.79 Å². The number of halogens is 1. The van der Waals surface area contributed by atoms with Gasteiger partial charge in [0.25, 0.3) is 5.91 Å². The van der Waals surface area contributed by atoms with Crippen LogP contribution in [0.4, 0.5) is 0 Å². The van der Waals surface area contributed by atoms with E-state index in [4.69, 9.17) is 0 Å². The molecular formula is C13H13BrN4O. The highest BCUT2D eigenvalue weighted by Crippen LogP contribution is 2.20. The second-order valence-corrected chi connectivity index (χ2v) is 5.54. The molecule has 1 aromatic carbocycles. The summed E-state index contributed by atoms with van der Waals surface area (Å²) in [5, 5.41) is 7.90. The van der Waals surface area contributed by atoms with Gasteiger partial charge in [-0.3, -0.25) is 4.79 Å². The van der Waals surface area contributed by atoms with Crippen molar-refractivity contribution in [3.63, 3.8) is 0 Å². The van der Waals surface area contributed by atoms with Gasteiger partial charge in [0, 0.05) is 23.1 Å². The van der Waals surface area contributed by atoms with E-state index in [0.29, 0.717) is 13.1 Å². The molecule has 1 amide bonds. The summed E-state index contributed by atoms with van der Waals surface area (Å²) in [6.07, 6.45) is 1.71. The zero-order valence-electron chi connectivity index (χ0n) is 10.5. The van der Waals surface area contributed by atoms with Crippen molar-refractivity contribution < 1.29 is 4.79 Å². The molecule has 19 heavy (non-hydrogen) atoms. The van der Waals surface area contributed by atoms with Gasteiger partial charge in [0.2, 0.25) is 0 Å². The predicted octanol–water partition coefficient (Wildman–Crippen LogP) is 2.01. The molecule has 98 valence electrons. The Morgan fingerprint density at radius 3 is 3.05 bits per heavy atom. The SMILES string of the molecule is Cc1ccc(Br)cc1C(=O)N1CCn2cnnc2C1. The molecule has 1 aromatic heterocycles. The molecule has 0 spiro atoms. The van der Waals surface area contributed by atoms with Crippen molar-refractivity contribution in [2.75, 3.05) is 6.54 Å². The number of carbonyl (C=O) groups excluding carboxylic acids is 1. The first-order chi connectivity index (χ1) is 9.15. The second-order valence-electron chi connectivity index (χ2n) is 4.63. The second kappa shape index (κ2) is 4.77. The molecule has 6 heteroatoms. The van der Waals surface area contributed by atoms with Crippen LogP contribution in [-0.2, 0) is 13.1 Å². The highest BCUT2D eigenvalue weighted by atomic mass is 79.9. The Morgan fingerprint density at radius 2 is 2.21 bits per heavy atom. The van der Waals surface area contributed by atoms with Gasteiger partial charge in [-0.15, -0.1) is 10.2 Å². The van der Waals surface area contributed by atoms with E-state index in [1.54, 1.807) is 6.33 Å². The van der Waals surface area contributed by atoms with E-state index in [1.165, 1.54) is 0 Å². The van der Waals surface area contributed by atoms with E-state index >= 15 is 0 Å². The van der Waals surface area contributed by atoms with Crippen molar-refractivity contribution in [3.8, 4) is 0 Å². The molecule has 1 aliphatic heterocycles. The van der Waals surface area contributed by atoms with E-state index in [1.807, 2.05) is 34.6 Å². The fourth-order valence-electron chi connectivity index (χ4n) is 2.23. The minimum Gasteiger partial charge on any atom is -0.329 e. The smallest absolute Gasteiger partial charge is 0.254 e. The topological polar surface area (TPSA) is 51.0 Å². The fraction of sp³-hybridized carbons (Fsp3) is 0.308. The molecule has 3 rings (SSSR count). The average molecular weight is 321 g/mol. The van der Waals surface area contributed by atoms with E-state index in [2.05, 4.69) is 26.1 Å². The number of hydrogen-bond acceptors (Lipinski definition) is 3. The first-order valence-electron chi connectivity index (χ1n) is 6.07. The maximum Gasteiger partial charge on any atom is 0.254 e. The van der Waals surface area contributed by atoms with Gasteiger partial charge in [-0.05, 0) is 24.6 Å². The van der Waals surface area contributed by atoms with Crippen LogP contribution in [0.25, 0.3) is 0 Å². The maximum absolute atomic E-state index is 12.6. The molecule has 0 fully saturated rings. The van der Waals surface area contributed by atoms with E-state index < -0.39 is 0 Å². The number of amides is 1. The Hall–Kier alpha value is -1.69. The van der Waals surface area contributed by atoms with Crippen LogP contribution in [0.5, 0.6) is 0 Å². The van der Waals surface area contributed by atoms with Gasteiger partial charge in [0.15, 0.2) is 5.82 Å². The zero-order chi connectivity index (χ0) is 13.4. The van der Waals surface area contributed by atoms with Gasteiger partial charge < -0.3 is 9.47 Å². The summed E-state index contributed by atoms with van der Waals surface area (Å²) in [5.74, 6) is 0.889. The lowest BCUT2D eigenvalue weighted by molar-refractivity contribution is 0.0706. The van der Waals surface area contributed by atoms with Crippen LogP contribution < -0.4 is 0 Å². The van der Waals surface area contributed by atoms with Gasteiger partial charge in [-0.2, -0.15) is 0 Å². The highest BCUT2D eigenvalue weighted by Gasteiger charge is 2.23. The summed E-state index contributed by atoms with van der Waals surface area (Å²) < 4.78 is 2.90. The van der Waals surface area contributed by atoms with Crippen molar-refractivity contribution in [2.45, 2.75) is 20.0 Å². The van der Waals surface area contributed by atoms with Crippen molar-refractivity contribution in [1.29, 1.82) is 0 Å². The first kappa shape index (κ1) is 12.3. The number of hydrogen-bond donors (Lipinski definition) is 0. The van der Waals surface area contributed by atoms with Crippen molar-refractivity contribution in [2.24, 2.45) is 0 Å². The minimum atomic E-state index is 0.0491. The van der Waals surface area contributed by atoms with E-state index in [0.717, 1.165) is 28.0 Å². The largest absolute Gasteiger partial charge is 0.329 e. The molecule has 0 N–H and O–H groups in total. The first-order valence-corrected chi connectivity index (χ1v) is 6.86. The number of benzene rings is 1. The van der Waals surface area contributed by atoms with Gasteiger partial charge in [0.1, 0.15) is 6.33 Å². The molecule has 0 aliphatic carbocycles. The Morgan fingerprint density at radius 1 is 1.37 bits per heavy atom. The number of nitrogens with zero attached hydrogens (tertiary/aromatic N) is 4. The summed E-state index contributed by atoms with van der Waals surface area (Å²) in [6, 6.07) is 5.76. The van der Waals surface area contributed by atoms with Gasteiger partial charge in [0.05, 0.1) is 6.54 Å². The summed E-state index contributed by atoms with van der Waals surface area (Å²) in [4.78, 5) is 14.4. The Bertz CT molecular complexity index is 637. The maximum atomic E-state index is 12.6. The molecule has 1 aliphatic rings. The third-order valence-electron chi connectivity index (χ3n) is 3.36. The standard InChI is InChI=1S/C13H13BrN4O/c1-9-2-3-10(14)6-11(9)13(19)17-4-5-18-8-15-16-12(18)7-17/h2-3,6,8H,4-5,7H2,1H3. The summed E-state index contributed by atoms with van der Waals surface area (Å²) >= 11 is 3.41. The molecule has 2 heterocycles. The van der Waals surface area contributed by atoms with Gasteiger partial charge in [-0.25, -0.2) is 0 Å². The van der Waals surface area contributed by atoms with Crippen molar-refractivity contribution in [1.82, 2.24) is 19.7 Å². The fourth-order valence-corrected chi connectivity index (χ4v) is 2.60. The lowest BCUT2D eigenvalue weighted by Gasteiger charge is -2.27. The number of aromatic nitrogens is 3. The molecular weight excluding hydrogens is 308 g/mol. The number of rotatable bonds is 1. The monoisotopic (exact) mass is 320 g/mol. The third-order valence-corrected chi connectivity index (χ3v) is 3.85. The minimum absolute atomic E-state index is 0.0491. The Balaban J connectivity index is 1.87. The number of carbonyl (C=O) groups is 1. The molecule has 0 radical (unpaired) electrons.